The van der Waals surface area contributed by atoms with Gasteiger partial charge >= 0.3 is 0 Å². The molecule has 1 fully saturated rings. The zero-order valence-corrected chi connectivity index (χ0v) is 19.3. The van der Waals surface area contributed by atoms with Crippen molar-refractivity contribution < 1.29 is 4.92 Å². The van der Waals surface area contributed by atoms with Gasteiger partial charge in [-0.25, -0.2) is 5.43 Å². The zero-order chi connectivity index (χ0) is 23.0. The van der Waals surface area contributed by atoms with Gasteiger partial charge in [0.25, 0.3) is 5.69 Å². The Morgan fingerprint density at radius 1 is 1.00 bits per heavy atom. The van der Waals surface area contributed by atoms with Gasteiger partial charge in [-0.2, -0.15) is 20.1 Å². The number of nitro groups is 1. The largest absolute Gasteiger partial charge is 0.351 e. The molecule has 0 radical (unpaired) electrons. The molecular formula is C22H23BrN8O2. The van der Waals surface area contributed by atoms with Crippen LogP contribution in [0.5, 0.6) is 0 Å². The van der Waals surface area contributed by atoms with Crippen LogP contribution in [0, 0.1) is 10.1 Å². The number of aromatic nitrogens is 3. The average Bonchev–Trinajstić information content (AvgIpc) is 2.80. The predicted molar refractivity (Wildman–Crippen MR) is 132 cm³/mol. The van der Waals surface area contributed by atoms with Crippen LogP contribution in [0.1, 0.15) is 37.7 Å². The van der Waals surface area contributed by atoms with Crippen LogP contribution in [0.2, 0.25) is 0 Å². The molecule has 0 unspecified atom stereocenters. The number of non-ortho nitro benzene ring substituents is 1. The van der Waals surface area contributed by atoms with Crippen molar-refractivity contribution in [2.45, 2.75) is 38.1 Å². The molecule has 3 aromatic rings. The molecule has 11 heteroatoms. The molecule has 33 heavy (non-hydrogen) atoms. The Labute approximate surface area is 199 Å². The third-order valence-electron chi connectivity index (χ3n) is 5.13. The molecule has 1 heterocycles. The topological polar surface area (TPSA) is 130 Å². The van der Waals surface area contributed by atoms with E-state index in [2.05, 4.69) is 52.0 Å². The van der Waals surface area contributed by atoms with Crippen molar-refractivity contribution in [2.24, 2.45) is 5.10 Å². The Morgan fingerprint density at radius 2 is 1.73 bits per heavy atom. The van der Waals surface area contributed by atoms with Gasteiger partial charge in [0.05, 0.1) is 11.1 Å². The number of rotatable bonds is 8. The van der Waals surface area contributed by atoms with Crippen molar-refractivity contribution in [3.8, 4) is 0 Å². The molecule has 2 aromatic carbocycles. The lowest BCUT2D eigenvalue weighted by molar-refractivity contribution is -0.384. The standard InChI is InChI=1S/C22H23BrN8O2/c23-16-6-4-5-15(13-16)14-24-30-22-28-20(25-17-7-2-1-3-8-17)27-21(29-22)26-18-9-11-19(12-10-18)31(32)33/h4-6,9-14,17H,1-3,7-8H2,(H3,25,26,27,28,29,30)/b24-14+. The van der Waals surface area contributed by atoms with E-state index in [9.17, 15) is 10.1 Å². The molecule has 3 N–H and O–H groups in total. The van der Waals surface area contributed by atoms with Gasteiger partial charge in [-0.3, -0.25) is 10.1 Å². The van der Waals surface area contributed by atoms with Gasteiger partial charge in [-0.1, -0.05) is 47.3 Å². The number of hydrazone groups is 1. The first-order valence-corrected chi connectivity index (χ1v) is 11.4. The first kappa shape index (κ1) is 22.6. The van der Waals surface area contributed by atoms with Crippen molar-refractivity contribution in [3.05, 3.63) is 68.7 Å². The average molecular weight is 511 g/mol. The Bertz CT molecular complexity index is 1130. The second-order valence-electron chi connectivity index (χ2n) is 7.64. The fourth-order valence-corrected chi connectivity index (χ4v) is 3.94. The highest BCUT2D eigenvalue weighted by molar-refractivity contribution is 9.10. The van der Waals surface area contributed by atoms with Crippen LogP contribution in [0.4, 0.5) is 29.2 Å². The van der Waals surface area contributed by atoms with E-state index in [1.54, 1.807) is 18.3 Å². The Kier molecular flexibility index (Phi) is 7.40. The first-order valence-electron chi connectivity index (χ1n) is 10.6. The number of hydrogen-bond acceptors (Lipinski definition) is 9. The number of nitrogens with one attached hydrogen (secondary N) is 3. The molecule has 0 amide bonds. The highest BCUT2D eigenvalue weighted by Gasteiger charge is 2.16. The minimum atomic E-state index is -0.440. The molecule has 4 rings (SSSR count). The summed E-state index contributed by atoms with van der Waals surface area (Å²) < 4.78 is 0.958. The van der Waals surface area contributed by atoms with Gasteiger partial charge in [0, 0.05) is 28.3 Å². The van der Waals surface area contributed by atoms with Crippen LogP contribution in [0.15, 0.2) is 58.1 Å². The molecule has 0 saturated heterocycles. The molecule has 170 valence electrons. The minimum Gasteiger partial charge on any atom is -0.351 e. The van der Waals surface area contributed by atoms with Crippen molar-refractivity contribution in [1.82, 2.24) is 15.0 Å². The van der Waals surface area contributed by atoms with Crippen LogP contribution in [-0.2, 0) is 0 Å². The second kappa shape index (κ2) is 10.8. The number of anilines is 4. The summed E-state index contributed by atoms with van der Waals surface area (Å²) in [6.07, 6.45) is 7.42. The lowest BCUT2D eigenvalue weighted by Gasteiger charge is -2.22. The third-order valence-corrected chi connectivity index (χ3v) is 5.63. The van der Waals surface area contributed by atoms with E-state index in [4.69, 9.17) is 0 Å². The molecule has 0 bridgehead atoms. The fourth-order valence-electron chi connectivity index (χ4n) is 3.52. The summed E-state index contributed by atoms with van der Waals surface area (Å²) in [5, 5.41) is 21.6. The van der Waals surface area contributed by atoms with Gasteiger partial charge in [0.1, 0.15) is 0 Å². The Hall–Kier alpha value is -3.60. The predicted octanol–water partition coefficient (Wildman–Crippen LogP) is 5.48. The first-order chi connectivity index (χ1) is 16.0. The maximum atomic E-state index is 10.9. The second-order valence-corrected chi connectivity index (χ2v) is 8.56. The van der Waals surface area contributed by atoms with Crippen LogP contribution in [0.25, 0.3) is 0 Å². The van der Waals surface area contributed by atoms with Crippen LogP contribution < -0.4 is 16.1 Å². The third kappa shape index (κ3) is 6.69. The van der Waals surface area contributed by atoms with Crippen LogP contribution in [0.3, 0.4) is 0 Å². The molecule has 0 aliphatic heterocycles. The summed E-state index contributed by atoms with van der Waals surface area (Å²) in [7, 11) is 0. The number of nitrogens with zero attached hydrogens (tertiary/aromatic N) is 5. The van der Waals surface area contributed by atoms with Gasteiger partial charge in [0.15, 0.2) is 0 Å². The van der Waals surface area contributed by atoms with Gasteiger partial charge in [-0.05, 0) is 42.7 Å². The summed E-state index contributed by atoms with van der Waals surface area (Å²) >= 11 is 3.44. The van der Waals surface area contributed by atoms with Crippen molar-refractivity contribution in [3.63, 3.8) is 0 Å². The van der Waals surface area contributed by atoms with Crippen molar-refractivity contribution >= 4 is 51.4 Å². The molecule has 1 aliphatic carbocycles. The van der Waals surface area contributed by atoms with E-state index in [0.717, 1.165) is 22.9 Å². The SMILES string of the molecule is O=[N+]([O-])c1ccc(Nc2nc(N/N=C/c3cccc(Br)c3)nc(NC3CCCCC3)n2)cc1. The number of hydrogen-bond donors (Lipinski definition) is 3. The van der Waals surface area contributed by atoms with E-state index >= 15 is 0 Å². The van der Waals surface area contributed by atoms with E-state index in [-0.39, 0.29) is 11.6 Å². The summed E-state index contributed by atoms with van der Waals surface area (Å²) in [6.45, 7) is 0. The summed E-state index contributed by atoms with van der Waals surface area (Å²) in [4.78, 5) is 23.8. The molecule has 1 saturated carbocycles. The van der Waals surface area contributed by atoms with Gasteiger partial charge in [0.2, 0.25) is 17.8 Å². The van der Waals surface area contributed by atoms with E-state index in [0.29, 0.717) is 23.6 Å². The zero-order valence-electron chi connectivity index (χ0n) is 17.7. The van der Waals surface area contributed by atoms with Gasteiger partial charge in [-0.15, -0.1) is 0 Å². The molecule has 1 aromatic heterocycles. The van der Waals surface area contributed by atoms with E-state index < -0.39 is 4.92 Å². The highest BCUT2D eigenvalue weighted by atomic mass is 79.9. The summed E-state index contributed by atoms with van der Waals surface area (Å²) in [5.41, 5.74) is 4.41. The van der Waals surface area contributed by atoms with E-state index in [1.165, 1.54) is 31.4 Å². The maximum Gasteiger partial charge on any atom is 0.269 e. The lowest BCUT2D eigenvalue weighted by Crippen LogP contribution is -2.24. The number of benzene rings is 2. The van der Waals surface area contributed by atoms with Crippen molar-refractivity contribution in [1.29, 1.82) is 0 Å². The van der Waals surface area contributed by atoms with Gasteiger partial charge < -0.3 is 10.6 Å². The highest BCUT2D eigenvalue weighted by Crippen LogP contribution is 2.23. The minimum absolute atomic E-state index is 0.0140. The maximum absolute atomic E-state index is 10.9. The smallest absolute Gasteiger partial charge is 0.269 e. The lowest BCUT2D eigenvalue weighted by atomic mass is 9.96. The molecular weight excluding hydrogens is 488 g/mol. The normalized spacial score (nSPS) is 14.2. The summed E-state index contributed by atoms with van der Waals surface area (Å²) in [5.74, 6) is 1.03. The van der Waals surface area contributed by atoms with Crippen LogP contribution >= 0.6 is 15.9 Å². The molecule has 10 nitrogen and oxygen atoms in total. The number of halogens is 1. The summed E-state index contributed by atoms with van der Waals surface area (Å²) in [6, 6.07) is 14.1. The molecule has 0 atom stereocenters. The molecule has 1 aliphatic rings. The quantitative estimate of drug-likeness (QED) is 0.206. The fraction of sp³-hybridized carbons (Fsp3) is 0.273. The Balaban J connectivity index is 1.53. The van der Waals surface area contributed by atoms with Crippen molar-refractivity contribution in [2.75, 3.05) is 16.1 Å². The molecule has 0 spiro atoms. The van der Waals surface area contributed by atoms with E-state index in [1.807, 2.05) is 24.3 Å². The monoisotopic (exact) mass is 510 g/mol. The van der Waals surface area contributed by atoms with Crippen LogP contribution in [-0.4, -0.2) is 32.1 Å². The number of nitro benzene ring substituents is 1. The Morgan fingerprint density at radius 3 is 2.45 bits per heavy atom.